The van der Waals surface area contributed by atoms with Crippen LogP contribution >= 0.6 is 0 Å². The molecule has 1 aromatic carbocycles. The number of hydrogen-bond donors (Lipinski definition) is 2. The van der Waals surface area contributed by atoms with Gasteiger partial charge in [-0.2, -0.15) is 0 Å². The van der Waals surface area contributed by atoms with Crippen LogP contribution in [0.25, 0.3) is 0 Å². The lowest BCUT2D eigenvalue weighted by Gasteiger charge is -2.08. The number of carboxylic acid groups (broad SMARTS) is 1. The molecule has 0 bridgehead atoms. The van der Waals surface area contributed by atoms with Gasteiger partial charge in [0.1, 0.15) is 0 Å². The van der Waals surface area contributed by atoms with Gasteiger partial charge < -0.3 is 14.8 Å². The lowest BCUT2D eigenvalue weighted by molar-refractivity contribution is -0.384. The minimum absolute atomic E-state index is 0.141. The van der Waals surface area contributed by atoms with E-state index in [0.29, 0.717) is 12.2 Å². The molecule has 0 radical (unpaired) electrons. The predicted molar refractivity (Wildman–Crippen MR) is 66.1 cm³/mol. The average molecular weight is 262 g/mol. The molecule has 0 unspecified atom stereocenters. The van der Waals surface area contributed by atoms with Crippen LogP contribution in [0.3, 0.4) is 0 Å². The van der Waals surface area contributed by atoms with E-state index >= 15 is 0 Å². The van der Waals surface area contributed by atoms with E-state index in [1.54, 1.807) is 6.07 Å². The molecule has 2 N–H and O–H groups in total. The number of furan rings is 1. The van der Waals surface area contributed by atoms with Crippen LogP contribution in [-0.2, 0) is 6.54 Å². The summed E-state index contributed by atoms with van der Waals surface area (Å²) in [6.07, 6.45) is 3.03. The Bertz CT molecular complexity index is 607. The molecule has 1 heterocycles. The van der Waals surface area contributed by atoms with E-state index in [1.807, 2.05) is 0 Å². The SMILES string of the molecule is O=C(O)c1cc([N+](=O)[O-])ccc1NCc1ccoc1. The quantitative estimate of drug-likeness (QED) is 0.633. The van der Waals surface area contributed by atoms with E-state index in [9.17, 15) is 14.9 Å². The first-order valence-corrected chi connectivity index (χ1v) is 5.34. The molecule has 2 aromatic rings. The molecule has 0 atom stereocenters. The number of non-ortho nitro benzene ring substituents is 1. The molecule has 1 aromatic heterocycles. The summed E-state index contributed by atoms with van der Waals surface area (Å²) < 4.78 is 4.89. The normalized spacial score (nSPS) is 10.1. The monoisotopic (exact) mass is 262 g/mol. The number of nitrogens with zero attached hydrogens (tertiary/aromatic N) is 1. The zero-order valence-corrected chi connectivity index (χ0v) is 9.70. The largest absolute Gasteiger partial charge is 0.478 e. The third kappa shape index (κ3) is 2.89. The Balaban J connectivity index is 2.24. The number of carboxylic acids is 1. The molecule has 19 heavy (non-hydrogen) atoms. The molecule has 0 fully saturated rings. The maximum atomic E-state index is 11.1. The van der Waals surface area contributed by atoms with Gasteiger partial charge in [0.05, 0.1) is 23.0 Å². The highest BCUT2D eigenvalue weighted by atomic mass is 16.6. The highest BCUT2D eigenvalue weighted by Crippen LogP contribution is 2.22. The fourth-order valence-electron chi connectivity index (χ4n) is 1.57. The van der Waals surface area contributed by atoms with Crippen LogP contribution in [0.1, 0.15) is 15.9 Å². The van der Waals surface area contributed by atoms with Gasteiger partial charge in [0.25, 0.3) is 5.69 Å². The van der Waals surface area contributed by atoms with Crippen LogP contribution < -0.4 is 5.32 Å². The molecule has 7 heteroatoms. The Kier molecular flexibility index (Phi) is 3.46. The summed E-state index contributed by atoms with van der Waals surface area (Å²) in [5, 5.41) is 22.6. The summed E-state index contributed by atoms with van der Waals surface area (Å²) in [7, 11) is 0. The predicted octanol–water partition coefficient (Wildman–Crippen LogP) is 2.50. The van der Waals surface area contributed by atoms with Gasteiger partial charge in [0.15, 0.2) is 0 Å². The highest BCUT2D eigenvalue weighted by molar-refractivity contribution is 5.95. The van der Waals surface area contributed by atoms with Crippen molar-refractivity contribution in [2.24, 2.45) is 0 Å². The Morgan fingerprint density at radius 1 is 1.42 bits per heavy atom. The minimum atomic E-state index is -1.22. The first-order chi connectivity index (χ1) is 9.08. The first kappa shape index (κ1) is 12.6. The van der Waals surface area contributed by atoms with Crippen LogP contribution in [0.2, 0.25) is 0 Å². The molecule has 0 spiro atoms. The van der Waals surface area contributed by atoms with Gasteiger partial charge in [0, 0.05) is 29.9 Å². The van der Waals surface area contributed by atoms with E-state index in [-0.39, 0.29) is 11.3 Å². The van der Waals surface area contributed by atoms with Gasteiger partial charge in [-0.15, -0.1) is 0 Å². The van der Waals surface area contributed by atoms with Gasteiger partial charge in [-0.1, -0.05) is 0 Å². The molecule has 0 aliphatic carbocycles. The fraction of sp³-hybridized carbons (Fsp3) is 0.0833. The molecular weight excluding hydrogens is 252 g/mol. The number of nitro benzene ring substituents is 1. The number of rotatable bonds is 5. The summed E-state index contributed by atoms with van der Waals surface area (Å²) in [5.41, 5.74) is 0.762. The van der Waals surface area contributed by atoms with Crippen molar-refractivity contribution in [3.8, 4) is 0 Å². The van der Waals surface area contributed by atoms with Crippen molar-refractivity contribution in [3.05, 3.63) is 58.0 Å². The maximum absolute atomic E-state index is 11.1. The van der Waals surface area contributed by atoms with Crippen LogP contribution in [0.5, 0.6) is 0 Å². The van der Waals surface area contributed by atoms with Crippen molar-refractivity contribution < 1.29 is 19.2 Å². The number of anilines is 1. The molecule has 0 saturated heterocycles. The lowest BCUT2D eigenvalue weighted by Crippen LogP contribution is -2.06. The highest BCUT2D eigenvalue weighted by Gasteiger charge is 2.15. The first-order valence-electron chi connectivity index (χ1n) is 5.34. The second-order valence-corrected chi connectivity index (χ2v) is 3.78. The number of hydrogen-bond acceptors (Lipinski definition) is 5. The van der Waals surface area contributed by atoms with Crippen LogP contribution in [0.15, 0.2) is 41.2 Å². The molecule has 0 saturated carbocycles. The van der Waals surface area contributed by atoms with Gasteiger partial charge in [-0.25, -0.2) is 4.79 Å². The number of benzene rings is 1. The van der Waals surface area contributed by atoms with Crippen LogP contribution in [0, 0.1) is 10.1 Å². The molecule has 0 aliphatic heterocycles. The smallest absolute Gasteiger partial charge is 0.338 e. The van der Waals surface area contributed by atoms with Gasteiger partial charge >= 0.3 is 5.97 Å². The van der Waals surface area contributed by atoms with Crippen LogP contribution in [0.4, 0.5) is 11.4 Å². The lowest BCUT2D eigenvalue weighted by atomic mass is 10.1. The van der Waals surface area contributed by atoms with E-state index in [1.165, 1.54) is 24.7 Å². The van der Waals surface area contributed by atoms with Gasteiger partial charge in [-0.3, -0.25) is 10.1 Å². The summed E-state index contributed by atoms with van der Waals surface area (Å²) in [5.74, 6) is -1.22. The van der Waals surface area contributed by atoms with Crippen molar-refractivity contribution in [3.63, 3.8) is 0 Å². The Hall–Kier alpha value is -2.83. The third-order valence-electron chi connectivity index (χ3n) is 2.51. The second kappa shape index (κ2) is 5.21. The Morgan fingerprint density at radius 3 is 2.79 bits per heavy atom. The Morgan fingerprint density at radius 2 is 2.21 bits per heavy atom. The molecule has 0 amide bonds. The Labute approximate surface area is 107 Å². The van der Waals surface area contributed by atoms with Crippen molar-refractivity contribution in [1.29, 1.82) is 0 Å². The number of carbonyl (C=O) groups is 1. The van der Waals surface area contributed by atoms with E-state index in [2.05, 4.69) is 5.32 Å². The molecule has 0 aliphatic rings. The fourth-order valence-corrected chi connectivity index (χ4v) is 1.57. The van der Waals surface area contributed by atoms with E-state index in [0.717, 1.165) is 11.6 Å². The maximum Gasteiger partial charge on any atom is 0.338 e. The molecule has 98 valence electrons. The topological polar surface area (TPSA) is 106 Å². The van der Waals surface area contributed by atoms with E-state index in [4.69, 9.17) is 9.52 Å². The zero-order valence-electron chi connectivity index (χ0n) is 9.70. The van der Waals surface area contributed by atoms with Crippen molar-refractivity contribution in [2.75, 3.05) is 5.32 Å². The van der Waals surface area contributed by atoms with Gasteiger partial charge in [0.2, 0.25) is 0 Å². The summed E-state index contributed by atoms with van der Waals surface area (Å²) >= 11 is 0. The average Bonchev–Trinajstić information content (AvgIpc) is 2.89. The minimum Gasteiger partial charge on any atom is -0.478 e. The second-order valence-electron chi connectivity index (χ2n) is 3.78. The molecule has 2 rings (SSSR count). The standard InChI is InChI=1S/C12H10N2O5/c15-12(16)10-5-9(14(17)18)1-2-11(10)13-6-8-3-4-19-7-8/h1-5,7,13H,6H2,(H,15,16). The van der Waals surface area contributed by atoms with Crippen molar-refractivity contribution in [2.45, 2.75) is 6.54 Å². The van der Waals surface area contributed by atoms with Crippen molar-refractivity contribution >= 4 is 17.3 Å². The summed E-state index contributed by atoms with van der Waals surface area (Å²) in [6.45, 7) is 0.370. The summed E-state index contributed by atoms with van der Waals surface area (Å²) in [4.78, 5) is 21.1. The third-order valence-corrected chi connectivity index (χ3v) is 2.51. The molecule has 7 nitrogen and oxygen atoms in total. The summed E-state index contributed by atoms with van der Waals surface area (Å²) in [6, 6.07) is 5.39. The van der Waals surface area contributed by atoms with Crippen molar-refractivity contribution in [1.82, 2.24) is 0 Å². The number of nitro groups is 1. The molecular formula is C12H10N2O5. The van der Waals surface area contributed by atoms with Crippen LogP contribution in [-0.4, -0.2) is 16.0 Å². The number of nitrogens with one attached hydrogen (secondary N) is 1. The zero-order chi connectivity index (χ0) is 13.8. The van der Waals surface area contributed by atoms with E-state index < -0.39 is 10.9 Å². The van der Waals surface area contributed by atoms with Gasteiger partial charge in [-0.05, 0) is 12.1 Å². The number of aromatic carboxylic acids is 1.